The highest BCUT2D eigenvalue weighted by atomic mass is 32.1. The standard InChI is InChI=1S/C23H37N5O6S/c1-13(2)19(28-20(30)16(25)12-35)22(32)27-18(11-14-6-8-15(29)9-7-14)21(31)26-17(23(33)34)5-3-4-10-24/h6-9,13,16-19,29,35H,3-5,10-12,24-25H2,1-2H3,(H,26,31)(H,27,32)(H,28,30)(H,33,34). The summed E-state index contributed by atoms with van der Waals surface area (Å²) in [6.45, 7) is 3.85. The van der Waals surface area contributed by atoms with Crippen molar-refractivity contribution in [2.24, 2.45) is 17.4 Å². The third-order valence-electron chi connectivity index (χ3n) is 5.35. The number of hydrogen-bond donors (Lipinski definition) is 8. The van der Waals surface area contributed by atoms with Crippen LogP contribution in [0.4, 0.5) is 0 Å². The number of rotatable bonds is 15. The first kappa shape index (κ1) is 30.2. The molecule has 0 saturated carbocycles. The normalized spacial score (nSPS) is 14.5. The Morgan fingerprint density at radius 1 is 0.943 bits per heavy atom. The first-order valence-corrected chi connectivity index (χ1v) is 12.1. The van der Waals surface area contributed by atoms with E-state index >= 15 is 0 Å². The average Bonchev–Trinajstić information content (AvgIpc) is 2.81. The number of phenols is 1. The summed E-state index contributed by atoms with van der Waals surface area (Å²) in [5.74, 6) is -3.26. The molecule has 1 aromatic carbocycles. The van der Waals surface area contributed by atoms with E-state index in [9.17, 15) is 29.4 Å². The molecule has 196 valence electrons. The molecule has 11 nitrogen and oxygen atoms in total. The molecule has 4 unspecified atom stereocenters. The van der Waals surface area contributed by atoms with E-state index < -0.39 is 47.9 Å². The number of thiol groups is 1. The molecule has 0 aliphatic carbocycles. The van der Waals surface area contributed by atoms with Crippen molar-refractivity contribution < 1.29 is 29.4 Å². The molecule has 12 heteroatoms. The van der Waals surface area contributed by atoms with Crippen molar-refractivity contribution in [1.29, 1.82) is 0 Å². The third-order valence-corrected chi connectivity index (χ3v) is 5.74. The molecule has 0 fully saturated rings. The van der Waals surface area contributed by atoms with E-state index in [2.05, 4.69) is 28.6 Å². The summed E-state index contributed by atoms with van der Waals surface area (Å²) in [6, 6.07) is 1.87. The van der Waals surface area contributed by atoms with Gasteiger partial charge in [-0.3, -0.25) is 14.4 Å². The smallest absolute Gasteiger partial charge is 0.326 e. The van der Waals surface area contributed by atoms with Crippen LogP contribution in [0.1, 0.15) is 38.7 Å². The number of hydrogen-bond acceptors (Lipinski definition) is 8. The van der Waals surface area contributed by atoms with Crippen molar-refractivity contribution in [2.75, 3.05) is 12.3 Å². The average molecular weight is 512 g/mol. The maximum absolute atomic E-state index is 13.1. The molecule has 0 spiro atoms. The van der Waals surface area contributed by atoms with Crippen molar-refractivity contribution in [1.82, 2.24) is 16.0 Å². The van der Waals surface area contributed by atoms with Crippen molar-refractivity contribution in [3.63, 3.8) is 0 Å². The lowest BCUT2D eigenvalue weighted by Gasteiger charge is -2.27. The zero-order valence-electron chi connectivity index (χ0n) is 20.1. The number of carboxylic acid groups (broad SMARTS) is 1. The van der Waals surface area contributed by atoms with Crippen LogP contribution in [0.3, 0.4) is 0 Å². The Hall–Kier alpha value is -2.83. The summed E-state index contributed by atoms with van der Waals surface area (Å²) in [7, 11) is 0. The second-order valence-corrected chi connectivity index (χ2v) is 9.00. The van der Waals surface area contributed by atoms with Gasteiger partial charge in [-0.05, 0) is 49.4 Å². The molecule has 4 atom stereocenters. The predicted molar refractivity (Wildman–Crippen MR) is 135 cm³/mol. The minimum atomic E-state index is -1.20. The number of carbonyl (C=O) groups is 4. The number of aliphatic carboxylic acids is 1. The summed E-state index contributed by atoms with van der Waals surface area (Å²) in [4.78, 5) is 50.1. The van der Waals surface area contributed by atoms with Crippen molar-refractivity contribution in [2.45, 2.75) is 63.7 Å². The minimum absolute atomic E-state index is 0.0297. The number of nitrogens with one attached hydrogen (secondary N) is 3. The lowest BCUT2D eigenvalue weighted by Crippen LogP contribution is -2.59. The van der Waals surface area contributed by atoms with Gasteiger partial charge in [0.25, 0.3) is 0 Å². The van der Waals surface area contributed by atoms with Gasteiger partial charge in [0.05, 0.1) is 6.04 Å². The Labute approximate surface area is 210 Å². The minimum Gasteiger partial charge on any atom is -0.508 e. The van der Waals surface area contributed by atoms with Gasteiger partial charge in [-0.15, -0.1) is 0 Å². The van der Waals surface area contributed by atoms with E-state index in [1.807, 2.05) is 0 Å². The van der Waals surface area contributed by atoms with Gasteiger partial charge < -0.3 is 37.6 Å². The monoisotopic (exact) mass is 511 g/mol. The molecule has 0 aliphatic heterocycles. The fraction of sp³-hybridized carbons (Fsp3) is 0.565. The summed E-state index contributed by atoms with van der Waals surface area (Å²) in [6.07, 6.45) is 1.33. The number of carbonyl (C=O) groups excluding carboxylic acids is 3. The molecule has 9 N–H and O–H groups in total. The SMILES string of the molecule is CC(C)C(NC(=O)C(N)CS)C(=O)NC(Cc1ccc(O)cc1)C(=O)NC(CCCCN)C(=O)O. The maximum atomic E-state index is 13.1. The zero-order chi connectivity index (χ0) is 26.5. The van der Waals surface area contributed by atoms with Crippen LogP contribution < -0.4 is 27.4 Å². The number of aromatic hydroxyl groups is 1. The molecule has 1 rings (SSSR count). The summed E-state index contributed by atoms with van der Waals surface area (Å²) in [5.41, 5.74) is 11.8. The first-order chi connectivity index (χ1) is 16.5. The van der Waals surface area contributed by atoms with E-state index in [1.165, 1.54) is 12.1 Å². The maximum Gasteiger partial charge on any atom is 0.326 e. The number of phenolic OH excluding ortho intramolecular Hbond substituents is 1. The molecule has 0 heterocycles. The van der Waals surface area contributed by atoms with Gasteiger partial charge in [-0.2, -0.15) is 12.6 Å². The van der Waals surface area contributed by atoms with Crippen LogP contribution >= 0.6 is 12.6 Å². The summed E-state index contributed by atoms with van der Waals surface area (Å²) < 4.78 is 0. The Bertz CT molecular complexity index is 851. The molecular weight excluding hydrogens is 474 g/mol. The van der Waals surface area contributed by atoms with Crippen LogP contribution in [0.2, 0.25) is 0 Å². The fourth-order valence-corrected chi connectivity index (χ4v) is 3.41. The van der Waals surface area contributed by atoms with Crippen LogP contribution in [0.5, 0.6) is 5.75 Å². The molecule has 35 heavy (non-hydrogen) atoms. The quantitative estimate of drug-likeness (QED) is 0.114. The highest BCUT2D eigenvalue weighted by Gasteiger charge is 2.31. The van der Waals surface area contributed by atoms with Crippen LogP contribution in [-0.4, -0.2) is 70.4 Å². The fourth-order valence-electron chi connectivity index (χ4n) is 3.24. The Balaban J connectivity index is 3.10. The lowest BCUT2D eigenvalue weighted by atomic mass is 10.00. The molecule has 0 radical (unpaired) electrons. The Morgan fingerprint density at radius 2 is 1.54 bits per heavy atom. The van der Waals surface area contributed by atoms with Crippen molar-refractivity contribution >= 4 is 36.3 Å². The van der Waals surface area contributed by atoms with Gasteiger partial charge in [0, 0.05) is 12.2 Å². The lowest BCUT2D eigenvalue weighted by molar-refractivity contribution is -0.142. The van der Waals surface area contributed by atoms with Crippen molar-refractivity contribution in [3.05, 3.63) is 29.8 Å². The van der Waals surface area contributed by atoms with Crippen LogP contribution in [0.15, 0.2) is 24.3 Å². The third kappa shape index (κ3) is 10.5. The van der Waals surface area contributed by atoms with E-state index in [-0.39, 0.29) is 30.3 Å². The molecule has 0 aromatic heterocycles. The molecule has 0 aliphatic rings. The highest BCUT2D eigenvalue weighted by Crippen LogP contribution is 2.13. The molecular formula is C23H37N5O6S. The number of benzene rings is 1. The van der Waals surface area contributed by atoms with Gasteiger partial charge in [0.2, 0.25) is 17.7 Å². The second-order valence-electron chi connectivity index (χ2n) is 8.63. The van der Waals surface area contributed by atoms with Gasteiger partial charge in [0.15, 0.2) is 0 Å². The largest absolute Gasteiger partial charge is 0.508 e. The van der Waals surface area contributed by atoms with Gasteiger partial charge in [-0.25, -0.2) is 4.79 Å². The Morgan fingerprint density at radius 3 is 2.06 bits per heavy atom. The molecule has 0 bridgehead atoms. The number of carboxylic acids is 1. The number of nitrogens with two attached hydrogens (primary N) is 2. The molecule has 0 saturated heterocycles. The number of unbranched alkanes of at least 4 members (excludes halogenated alkanes) is 1. The Kier molecular flexibility index (Phi) is 13.1. The van der Waals surface area contributed by atoms with E-state index in [0.29, 0.717) is 24.9 Å². The van der Waals surface area contributed by atoms with Crippen LogP contribution in [0, 0.1) is 5.92 Å². The second kappa shape index (κ2) is 15.2. The topological polar surface area (TPSA) is 197 Å². The van der Waals surface area contributed by atoms with E-state index in [1.54, 1.807) is 26.0 Å². The first-order valence-electron chi connectivity index (χ1n) is 11.5. The van der Waals surface area contributed by atoms with E-state index in [0.717, 1.165) is 0 Å². The van der Waals surface area contributed by atoms with Crippen LogP contribution in [-0.2, 0) is 25.6 Å². The number of amides is 3. The van der Waals surface area contributed by atoms with Crippen LogP contribution in [0.25, 0.3) is 0 Å². The van der Waals surface area contributed by atoms with Gasteiger partial charge in [0.1, 0.15) is 23.9 Å². The highest BCUT2D eigenvalue weighted by molar-refractivity contribution is 7.80. The molecule has 1 aromatic rings. The predicted octanol–water partition coefficient (Wildman–Crippen LogP) is -0.484. The van der Waals surface area contributed by atoms with Crippen molar-refractivity contribution in [3.8, 4) is 5.75 Å². The molecule has 3 amide bonds. The van der Waals surface area contributed by atoms with Gasteiger partial charge in [-0.1, -0.05) is 26.0 Å². The summed E-state index contributed by atoms with van der Waals surface area (Å²) in [5, 5.41) is 26.7. The zero-order valence-corrected chi connectivity index (χ0v) is 21.0. The van der Waals surface area contributed by atoms with Gasteiger partial charge >= 0.3 is 5.97 Å². The van der Waals surface area contributed by atoms with E-state index in [4.69, 9.17) is 11.5 Å². The summed E-state index contributed by atoms with van der Waals surface area (Å²) >= 11 is 3.99.